The number of hydrogen-bond donors (Lipinski definition) is 1. The molecule has 20 heavy (non-hydrogen) atoms. The fourth-order valence-corrected chi connectivity index (χ4v) is 3.62. The van der Waals surface area contributed by atoms with Gasteiger partial charge < -0.3 is 5.32 Å². The molecule has 0 saturated carbocycles. The molecular formula is C17H20N2S. The predicted molar refractivity (Wildman–Crippen MR) is 90.8 cm³/mol. The molecule has 1 atom stereocenters. The van der Waals surface area contributed by atoms with Gasteiger partial charge in [-0.25, -0.2) is 0 Å². The highest BCUT2D eigenvalue weighted by molar-refractivity contribution is 8.14. The molecule has 0 saturated heterocycles. The first-order valence-electron chi connectivity index (χ1n) is 7.17. The molecule has 1 aliphatic heterocycles. The number of rotatable bonds is 2. The third-order valence-corrected chi connectivity index (χ3v) is 4.89. The van der Waals surface area contributed by atoms with Gasteiger partial charge in [0, 0.05) is 11.4 Å². The number of benzene rings is 2. The summed E-state index contributed by atoms with van der Waals surface area (Å²) in [7, 11) is 0. The van der Waals surface area contributed by atoms with Crippen molar-refractivity contribution in [2.24, 2.45) is 4.99 Å². The van der Waals surface area contributed by atoms with Crippen molar-refractivity contribution >= 4 is 33.4 Å². The number of hydrogen-bond acceptors (Lipinski definition) is 3. The molecule has 0 aromatic heterocycles. The average molecular weight is 284 g/mol. The van der Waals surface area contributed by atoms with Crippen molar-refractivity contribution in [3.63, 3.8) is 0 Å². The lowest BCUT2D eigenvalue weighted by molar-refractivity contribution is 0.443. The van der Waals surface area contributed by atoms with Gasteiger partial charge in [-0.3, -0.25) is 4.99 Å². The molecule has 0 aliphatic carbocycles. The van der Waals surface area contributed by atoms with Gasteiger partial charge in [0.1, 0.15) is 0 Å². The van der Waals surface area contributed by atoms with Crippen LogP contribution in [0.4, 0.5) is 5.69 Å². The van der Waals surface area contributed by atoms with Gasteiger partial charge in [0.15, 0.2) is 5.17 Å². The Morgan fingerprint density at radius 2 is 2.00 bits per heavy atom. The Balaban J connectivity index is 1.86. The Bertz CT molecular complexity index is 650. The van der Waals surface area contributed by atoms with Crippen LogP contribution in [-0.4, -0.2) is 16.5 Å². The van der Waals surface area contributed by atoms with Crippen LogP contribution < -0.4 is 5.32 Å². The molecule has 3 heteroatoms. The monoisotopic (exact) mass is 284 g/mol. The number of nitrogens with zero attached hydrogens (tertiary/aromatic N) is 1. The minimum absolute atomic E-state index is 0.102. The van der Waals surface area contributed by atoms with Crippen LogP contribution >= 0.6 is 11.8 Å². The minimum Gasteiger partial charge on any atom is -0.335 e. The van der Waals surface area contributed by atoms with E-state index in [4.69, 9.17) is 4.99 Å². The Hall–Kier alpha value is -1.48. The van der Waals surface area contributed by atoms with E-state index in [0.29, 0.717) is 0 Å². The van der Waals surface area contributed by atoms with Crippen LogP contribution in [-0.2, 0) is 0 Å². The van der Waals surface area contributed by atoms with E-state index in [1.54, 1.807) is 0 Å². The fourth-order valence-electron chi connectivity index (χ4n) is 2.41. The van der Waals surface area contributed by atoms with Crippen LogP contribution in [0.15, 0.2) is 47.5 Å². The summed E-state index contributed by atoms with van der Waals surface area (Å²) in [5.41, 5.74) is 1.22. The molecular weight excluding hydrogens is 264 g/mol. The minimum atomic E-state index is 0.102. The van der Waals surface area contributed by atoms with Crippen molar-refractivity contribution in [1.82, 2.24) is 0 Å². The van der Waals surface area contributed by atoms with Gasteiger partial charge >= 0.3 is 0 Å². The zero-order valence-electron chi connectivity index (χ0n) is 12.0. The molecule has 1 aliphatic rings. The van der Waals surface area contributed by atoms with Gasteiger partial charge in [-0.1, -0.05) is 49.0 Å². The Morgan fingerprint density at radius 3 is 2.80 bits per heavy atom. The molecule has 0 spiro atoms. The second kappa shape index (κ2) is 5.49. The lowest BCUT2D eigenvalue weighted by atomic mass is 9.97. The normalized spacial score (nSPS) is 22.6. The summed E-state index contributed by atoms with van der Waals surface area (Å²) in [5.74, 6) is 1.14. The summed E-state index contributed by atoms with van der Waals surface area (Å²) in [5, 5.41) is 7.06. The summed E-state index contributed by atoms with van der Waals surface area (Å²) in [6.45, 7) is 4.46. The van der Waals surface area contributed by atoms with Gasteiger partial charge in [-0.2, -0.15) is 0 Å². The molecule has 3 rings (SSSR count). The first-order chi connectivity index (χ1) is 9.68. The van der Waals surface area contributed by atoms with Crippen molar-refractivity contribution in [3.05, 3.63) is 42.5 Å². The van der Waals surface area contributed by atoms with E-state index in [-0.39, 0.29) is 5.54 Å². The van der Waals surface area contributed by atoms with Crippen LogP contribution in [0.1, 0.15) is 26.7 Å². The van der Waals surface area contributed by atoms with Gasteiger partial charge in [0.25, 0.3) is 0 Å². The van der Waals surface area contributed by atoms with E-state index >= 15 is 0 Å². The maximum absolute atomic E-state index is 4.88. The zero-order valence-corrected chi connectivity index (χ0v) is 12.8. The van der Waals surface area contributed by atoms with E-state index in [2.05, 4.69) is 61.6 Å². The molecule has 1 N–H and O–H groups in total. The van der Waals surface area contributed by atoms with E-state index in [1.165, 1.54) is 10.8 Å². The summed E-state index contributed by atoms with van der Waals surface area (Å²) >= 11 is 1.82. The highest BCUT2D eigenvalue weighted by Gasteiger charge is 2.25. The quantitative estimate of drug-likeness (QED) is 0.847. The van der Waals surface area contributed by atoms with E-state index in [0.717, 1.165) is 29.4 Å². The van der Waals surface area contributed by atoms with Gasteiger partial charge in [0.05, 0.1) is 5.54 Å². The third kappa shape index (κ3) is 2.83. The third-order valence-electron chi connectivity index (χ3n) is 4.01. The van der Waals surface area contributed by atoms with E-state index < -0.39 is 0 Å². The lowest BCUT2D eigenvalue weighted by Crippen LogP contribution is -2.29. The van der Waals surface area contributed by atoms with Crippen molar-refractivity contribution in [2.75, 3.05) is 11.1 Å². The number of fused-ring (bicyclic) bond motifs is 1. The topological polar surface area (TPSA) is 24.4 Å². The van der Waals surface area contributed by atoms with Crippen molar-refractivity contribution < 1.29 is 0 Å². The molecule has 2 aromatic rings. The molecule has 1 unspecified atom stereocenters. The lowest BCUT2D eigenvalue weighted by Gasteiger charge is -2.29. The number of anilines is 1. The van der Waals surface area contributed by atoms with Gasteiger partial charge in [0.2, 0.25) is 0 Å². The van der Waals surface area contributed by atoms with Crippen molar-refractivity contribution in [2.45, 2.75) is 32.2 Å². The van der Waals surface area contributed by atoms with Gasteiger partial charge in [-0.15, -0.1) is 0 Å². The van der Waals surface area contributed by atoms with Crippen molar-refractivity contribution in [1.29, 1.82) is 0 Å². The van der Waals surface area contributed by atoms with Gasteiger partial charge in [-0.05, 0) is 42.7 Å². The second-order valence-electron chi connectivity index (χ2n) is 5.55. The number of nitrogens with one attached hydrogen (secondary N) is 1. The van der Waals surface area contributed by atoms with Crippen LogP contribution in [0.3, 0.4) is 0 Å². The van der Waals surface area contributed by atoms with Crippen LogP contribution in [0, 0.1) is 0 Å². The number of thioether (sulfide) groups is 1. The van der Waals surface area contributed by atoms with E-state index in [1.807, 2.05) is 11.8 Å². The Morgan fingerprint density at radius 1 is 1.20 bits per heavy atom. The molecule has 104 valence electrons. The summed E-state index contributed by atoms with van der Waals surface area (Å²) < 4.78 is 0. The maximum atomic E-state index is 4.88. The first-order valence-corrected chi connectivity index (χ1v) is 8.16. The second-order valence-corrected chi connectivity index (χ2v) is 6.64. The number of aliphatic imine (C=N–C) groups is 1. The van der Waals surface area contributed by atoms with E-state index in [9.17, 15) is 0 Å². The molecule has 0 amide bonds. The fraction of sp³-hybridized carbons (Fsp3) is 0.353. The average Bonchev–Trinajstić information content (AvgIpc) is 2.47. The summed E-state index contributed by atoms with van der Waals surface area (Å²) in [6.07, 6.45) is 2.26. The molecule has 0 bridgehead atoms. The van der Waals surface area contributed by atoms with Crippen molar-refractivity contribution in [3.8, 4) is 0 Å². The highest BCUT2D eigenvalue weighted by atomic mass is 32.2. The zero-order chi connectivity index (χ0) is 14.0. The number of amidine groups is 1. The summed E-state index contributed by atoms with van der Waals surface area (Å²) in [6, 6.07) is 14.9. The Kier molecular flexibility index (Phi) is 3.70. The molecule has 1 heterocycles. The largest absolute Gasteiger partial charge is 0.335 e. The standard InChI is InChI=1S/C17H20N2S/c1-3-17(2)10-11-20-16(19-17)18-15-9-8-13-6-4-5-7-14(13)12-15/h4-9,12H,3,10-11H2,1-2H3,(H,18,19). The molecule has 0 fully saturated rings. The SMILES string of the molecule is CCC1(C)CCSC(Nc2ccc3ccccc3c2)=N1. The molecule has 0 radical (unpaired) electrons. The predicted octanol–water partition coefficient (Wildman–Crippen LogP) is 4.91. The first kappa shape index (κ1) is 13.5. The van der Waals surface area contributed by atoms with Crippen LogP contribution in [0.25, 0.3) is 10.8 Å². The van der Waals surface area contributed by atoms with Crippen LogP contribution in [0.2, 0.25) is 0 Å². The smallest absolute Gasteiger partial charge is 0.161 e. The molecule has 2 aromatic carbocycles. The summed E-state index contributed by atoms with van der Waals surface area (Å²) in [4.78, 5) is 4.88. The highest BCUT2D eigenvalue weighted by Crippen LogP contribution is 2.30. The molecule has 2 nitrogen and oxygen atoms in total. The Labute approximate surface area is 124 Å². The van der Waals surface area contributed by atoms with Crippen LogP contribution in [0.5, 0.6) is 0 Å². The maximum Gasteiger partial charge on any atom is 0.161 e.